The quantitative estimate of drug-likeness (QED) is 0.557. The number of amides is 2. The molecule has 3 heterocycles. The van der Waals surface area contributed by atoms with Gasteiger partial charge in [0.2, 0.25) is 11.7 Å². The van der Waals surface area contributed by atoms with Gasteiger partial charge in [0.15, 0.2) is 6.39 Å². The highest BCUT2D eigenvalue weighted by molar-refractivity contribution is 5.91. The minimum atomic E-state index is -0.275. The molecule has 2 atom stereocenters. The Labute approximate surface area is 167 Å². The maximum absolute atomic E-state index is 12.4. The molecule has 0 bridgehead atoms. The molecule has 0 radical (unpaired) electrons. The lowest BCUT2D eigenvalue weighted by Crippen LogP contribution is -2.42. The van der Waals surface area contributed by atoms with E-state index in [2.05, 4.69) is 30.5 Å². The Hall–Kier alpha value is -3.20. The van der Waals surface area contributed by atoms with Crippen molar-refractivity contribution in [1.82, 2.24) is 30.5 Å². The van der Waals surface area contributed by atoms with E-state index in [0.717, 1.165) is 29.7 Å². The number of carbonyl (C=O) groups is 2. The maximum Gasteiger partial charge on any atom is 0.288 e. The van der Waals surface area contributed by atoms with E-state index in [0.29, 0.717) is 19.5 Å². The molecule has 1 aromatic carbocycles. The van der Waals surface area contributed by atoms with Crippen LogP contribution in [0.2, 0.25) is 0 Å². The lowest BCUT2D eigenvalue weighted by atomic mass is 10.1. The van der Waals surface area contributed by atoms with E-state index in [1.54, 1.807) is 0 Å². The first kappa shape index (κ1) is 19.1. The average Bonchev–Trinajstić information content (AvgIpc) is 3.46. The third-order valence-corrected chi connectivity index (χ3v) is 5.45. The van der Waals surface area contributed by atoms with Gasteiger partial charge >= 0.3 is 0 Å². The number of hydrogen-bond donors (Lipinski definition) is 3. The molecular weight excluding hydrogens is 372 g/mol. The van der Waals surface area contributed by atoms with Crippen LogP contribution in [0, 0.1) is 0 Å². The van der Waals surface area contributed by atoms with E-state index in [4.69, 9.17) is 4.42 Å². The fraction of sp³-hybridized carbons (Fsp3) is 0.400. The van der Waals surface area contributed by atoms with Gasteiger partial charge in [-0.1, -0.05) is 12.1 Å². The molecule has 0 saturated carbocycles. The minimum Gasteiger partial charge on any atom is -0.438 e. The normalized spacial score (nSPS) is 19.5. The number of aromatic nitrogens is 3. The van der Waals surface area contributed by atoms with Crippen LogP contribution in [0.1, 0.15) is 35.6 Å². The van der Waals surface area contributed by atoms with Crippen molar-refractivity contribution in [1.29, 1.82) is 0 Å². The standard InChI is InChI=1S/C20H24N6O3/c1-26-13(6-7-14(26)9-23-20(28)17-10-21-12-29-17)8-19(27)22-11-18-24-15-4-2-3-5-16(15)25-18/h2-5,10,12-14H,6-9,11H2,1H3,(H,22,27)(H,23,28)(H,24,25)/t13-,14+/m1/s1. The Morgan fingerprint density at radius 1 is 1.24 bits per heavy atom. The number of rotatable bonds is 7. The first-order valence-corrected chi connectivity index (χ1v) is 9.69. The number of benzene rings is 1. The number of nitrogens with zero attached hydrogens (tertiary/aromatic N) is 3. The van der Waals surface area contributed by atoms with Crippen molar-refractivity contribution in [3.05, 3.63) is 48.4 Å². The molecule has 2 aromatic heterocycles. The van der Waals surface area contributed by atoms with E-state index < -0.39 is 0 Å². The fourth-order valence-corrected chi connectivity index (χ4v) is 3.77. The van der Waals surface area contributed by atoms with E-state index in [1.807, 2.05) is 31.3 Å². The third kappa shape index (κ3) is 4.45. The van der Waals surface area contributed by atoms with E-state index in [1.165, 1.54) is 12.6 Å². The summed E-state index contributed by atoms with van der Waals surface area (Å²) >= 11 is 0. The first-order valence-electron chi connectivity index (χ1n) is 9.69. The summed E-state index contributed by atoms with van der Waals surface area (Å²) in [5, 5.41) is 5.81. The molecule has 0 unspecified atom stereocenters. The second-order valence-electron chi connectivity index (χ2n) is 7.31. The largest absolute Gasteiger partial charge is 0.438 e. The lowest BCUT2D eigenvalue weighted by Gasteiger charge is -2.25. The van der Waals surface area contributed by atoms with Gasteiger partial charge in [0.05, 0.1) is 23.8 Å². The number of hydrogen-bond acceptors (Lipinski definition) is 6. The van der Waals surface area contributed by atoms with Crippen molar-refractivity contribution in [3.8, 4) is 0 Å². The van der Waals surface area contributed by atoms with Crippen molar-refractivity contribution in [2.75, 3.05) is 13.6 Å². The van der Waals surface area contributed by atoms with Crippen LogP contribution in [-0.4, -0.2) is 57.3 Å². The molecule has 152 valence electrons. The zero-order chi connectivity index (χ0) is 20.2. The van der Waals surface area contributed by atoms with Gasteiger partial charge in [-0.3, -0.25) is 14.5 Å². The molecule has 1 aliphatic heterocycles. The molecule has 4 rings (SSSR count). The Kier molecular flexibility index (Phi) is 5.57. The number of aromatic amines is 1. The number of oxazole rings is 1. The fourth-order valence-electron chi connectivity index (χ4n) is 3.77. The minimum absolute atomic E-state index is 0.00588. The maximum atomic E-state index is 12.4. The molecule has 0 spiro atoms. The van der Waals surface area contributed by atoms with E-state index in [-0.39, 0.29) is 29.7 Å². The van der Waals surface area contributed by atoms with Gasteiger partial charge in [0, 0.05) is 25.0 Å². The summed E-state index contributed by atoms with van der Waals surface area (Å²) in [4.78, 5) is 38.0. The first-order chi connectivity index (χ1) is 14.1. The molecule has 9 nitrogen and oxygen atoms in total. The Bertz CT molecular complexity index is 950. The Morgan fingerprint density at radius 2 is 2.07 bits per heavy atom. The summed E-state index contributed by atoms with van der Waals surface area (Å²) in [5.41, 5.74) is 1.85. The molecule has 0 aliphatic carbocycles. The Balaban J connectivity index is 1.23. The summed E-state index contributed by atoms with van der Waals surface area (Å²) < 4.78 is 5.00. The van der Waals surface area contributed by atoms with Gasteiger partial charge in [-0.15, -0.1) is 0 Å². The van der Waals surface area contributed by atoms with Gasteiger partial charge in [0.1, 0.15) is 5.82 Å². The number of para-hydroxylation sites is 2. The summed E-state index contributed by atoms with van der Waals surface area (Å²) in [6.07, 6.45) is 4.88. The van der Waals surface area contributed by atoms with Gasteiger partial charge in [0.25, 0.3) is 5.91 Å². The molecular formula is C20H24N6O3. The van der Waals surface area contributed by atoms with Crippen molar-refractivity contribution in [3.63, 3.8) is 0 Å². The van der Waals surface area contributed by atoms with Crippen molar-refractivity contribution in [2.45, 2.75) is 37.9 Å². The van der Waals surface area contributed by atoms with E-state index >= 15 is 0 Å². The third-order valence-electron chi connectivity index (χ3n) is 5.45. The summed E-state index contributed by atoms with van der Waals surface area (Å²) in [5.74, 6) is 0.663. The number of carbonyl (C=O) groups excluding carboxylic acids is 2. The van der Waals surface area contributed by atoms with Gasteiger partial charge in [-0.25, -0.2) is 9.97 Å². The Morgan fingerprint density at radius 3 is 2.86 bits per heavy atom. The molecule has 29 heavy (non-hydrogen) atoms. The molecule has 3 aromatic rings. The predicted molar refractivity (Wildman–Crippen MR) is 106 cm³/mol. The lowest BCUT2D eigenvalue weighted by molar-refractivity contribution is -0.122. The van der Waals surface area contributed by atoms with Crippen LogP contribution in [0.4, 0.5) is 0 Å². The molecule has 9 heteroatoms. The number of likely N-dealkylation sites (tertiary alicyclic amines) is 1. The van der Waals surface area contributed by atoms with Crippen LogP contribution in [0.25, 0.3) is 11.0 Å². The second kappa shape index (κ2) is 8.44. The van der Waals surface area contributed by atoms with Crippen LogP contribution in [-0.2, 0) is 11.3 Å². The summed E-state index contributed by atoms with van der Waals surface area (Å²) in [6, 6.07) is 8.12. The topological polar surface area (TPSA) is 116 Å². The molecule has 3 N–H and O–H groups in total. The van der Waals surface area contributed by atoms with Crippen LogP contribution in [0.3, 0.4) is 0 Å². The highest BCUT2D eigenvalue weighted by Gasteiger charge is 2.32. The zero-order valence-electron chi connectivity index (χ0n) is 16.2. The summed E-state index contributed by atoms with van der Waals surface area (Å²) in [7, 11) is 2.00. The zero-order valence-corrected chi connectivity index (χ0v) is 16.2. The number of nitrogens with one attached hydrogen (secondary N) is 3. The number of likely N-dealkylation sites (N-methyl/N-ethyl adjacent to an activating group) is 1. The molecule has 1 aliphatic rings. The second-order valence-corrected chi connectivity index (χ2v) is 7.31. The van der Waals surface area contributed by atoms with Crippen LogP contribution < -0.4 is 10.6 Å². The van der Waals surface area contributed by atoms with Crippen LogP contribution in [0.5, 0.6) is 0 Å². The van der Waals surface area contributed by atoms with Crippen molar-refractivity contribution >= 4 is 22.8 Å². The van der Waals surface area contributed by atoms with Gasteiger partial charge < -0.3 is 20.0 Å². The number of H-pyrrole nitrogens is 1. The predicted octanol–water partition coefficient (Wildman–Crippen LogP) is 1.45. The van der Waals surface area contributed by atoms with E-state index in [9.17, 15) is 9.59 Å². The highest BCUT2D eigenvalue weighted by atomic mass is 16.3. The van der Waals surface area contributed by atoms with Crippen LogP contribution >= 0.6 is 0 Å². The molecule has 1 fully saturated rings. The van der Waals surface area contributed by atoms with Crippen molar-refractivity contribution < 1.29 is 14.0 Å². The highest BCUT2D eigenvalue weighted by Crippen LogP contribution is 2.24. The smallest absolute Gasteiger partial charge is 0.288 e. The monoisotopic (exact) mass is 396 g/mol. The SMILES string of the molecule is CN1[C@@H](CC(=O)NCc2nc3ccccc3[nH]2)CC[C@H]1CNC(=O)c1cnco1. The van der Waals surface area contributed by atoms with Gasteiger partial charge in [-0.2, -0.15) is 0 Å². The number of imidazole rings is 1. The average molecular weight is 396 g/mol. The van der Waals surface area contributed by atoms with Gasteiger partial charge in [-0.05, 0) is 32.0 Å². The van der Waals surface area contributed by atoms with Crippen LogP contribution in [0.15, 0.2) is 41.3 Å². The molecule has 1 saturated heterocycles. The number of fused-ring (bicyclic) bond motifs is 1. The van der Waals surface area contributed by atoms with Crippen molar-refractivity contribution in [2.24, 2.45) is 0 Å². The summed E-state index contributed by atoms with van der Waals surface area (Å²) in [6.45, 7) is 0.883. The molecule has 2 amide bonds.